The molecule has 1 N–H and O–H groups in total. The third-order valence-electron chi connectivity index (χ3n) is 2.99. The lowest BCUT2D eigenvalue weighted by Gasteiger charge is -2.23. The molecule has 0 aromatic carbocycles. The second-order valence-electron chi connectivity index (χ2n) is 5.77. The molecule has 0 fully saturated rings. The van der Waals surface area contributed by atoms with Gasteiger partial charge in [-0.15, -0.1) is 0 Å². The smallest absolute Gasteiger partial charge is 0.349 e. The van der Waals surface area contributed by atoms with E-state index in [1.54, 1.807) is 0 Å². The molecule has 6 heteroatoms. The van der Waals surface area contributed by atoms with E-state index in [9.17, 15) is 4.79 Å². The molecule has 114 valence electrons. The summed E-state index contributed by atoms with van der Waals surface area (Å²) in [5, 5.41) is 9.87. The maximum absolute atomic E-state index is 11.1. The van der Waals surface area contributed by atoms with Crippen molar-refractivity contribution in [1.82, 2.24) is 4.98 Å². The summed E-state index contributed by atoms with van der Waals surface area (Å²) in [5.41, 5.74) is 0. The molecule has 0 aliphatic heterocycles. The van der Waals surface area contributed by atoms with Gasteiger partial charge in [0.1, 0.15) is 0 Å². The van der Waals surface area contributed by atoms with Gasteiger partial charge >= 0.3 is 5.97 Å². The van der Waals surface area contributed by atoms with Crippen molar-refractivity contribution in [3.05, 3.63) is 10.0 Å². The van der Waals surface area contributed by atoms with Gasteiger partial charge in [-0.3, -0.25) is 0 Å². The summed E-state index contributed by atoms with van der Waals surface area (Å²) in [4.78, 5) is 17.6. The van der Waals surface area contributed by atoms with E-state index in [0.717, 1.165) is 37.3 Å². The van der Waals surface area contributed by atoms with Crippen molar-refractivity contribution in [2.45, 2.75) is 40.5 Å². The van der Waals surface area contributed by atoms with E-state index in [1.807, 2.05) is 0 Å². The molecule has 1 rings (SSSR count). The molecule has 0 spiro atoms. The number of thiazole rings is 1. The van der Waals surface area contributed by atoms with Crippen LogP contribution in [0.4, 0.5) is 5.13 Å². The molecule has 0 aliphatic carbocycles. The zero-order valence-corrected chi connectivity index (χ0v) is 14.1. The molecule has 0 radical (unpaired) electrons. The third kappa shape index (κ3) is 5.29. The summed E-state index contributed by atoms with van der Waals surface area (Å²) in [7, 11) is 0. The first-order chi connectivity index (χ1) is 9.31. The molecular formula is C14H23ClN2O2S. The summed E-state index contributed by atoms with van der Waals surface area (Å²) in [6, 6.07) is 0. The van der Waals surface area contributed by atoms with Gasteiger partial charge in [0, 0.05) is 13.1 Å². The molecule has 0 bridgehead atoms. The number of rotatable bonds is 8. The Labute approximate surface area is 129 Å². The van der Waals surface area contributed by atoms with Crippen LogP contribution >= 0.6 is 22.9 Å². The van der Waals surface area contributed by atoms with E-state index in [1.165, 1.54) is 0 Å². The first-order valence-corrected chi connectivity index (χ1v) is 8.15. The molecular weight excluding hydrogens is 296 g/mol. The number of aromatic carboxylic acids is 1. The Morgan fingerprint density at radius 1 is 1.25 bits per heavy atom. The molecule has 20 heavy (non-hydrogen) atoms. The first-order valence-electron chi connectivity index (χ1n) is 6.95. The van der Waals surface area contributed by atoms with E-state index < -0.39 is 5.97 Å². The van der Waals surface area contributed by atoms with E-state index in [4.69, 9.17) is 16.7 Å². The predicted octanol–water partition coefficient (Wildman–Crippen LogP) is 4.39. The lowest BCUT2D eigenvalue weighted by Crippen LogP contribution is -2.27. The Morgan fingerprint density at radius 3 is 2.10 bits per heavy atom. The van der Waals surface area contributed by atoms with Crippen molar-refractivity contribution in [2.75, 3.05) is 18.0 Å². The zero-order chi connectivity index (χ0) is 15.3. The maximum atomic E-state index is 11.1. The lowest BCUT2D eigenvalue weighted by molar-refractivity contribution is 0.0702. The number of hydrogen-bond donors (Lipinski definition) is 1. The largest absolute Gasteiger partial charge is 0.477 e. The Bertz CT molecular complexity index is 434. The third-order valence-corrected chi connectivity index (χ3v) is 4.48. The Balaban J connectivity index is 2.85. The molecule has 0 amide bonds. The van der Waals surface area contributed by atoms with Crippen LogP contribution in [0.2, 0.25) is 5.15 Å². The van der Waals surface area contributed by atoms with Crippen LogP contribution in [0.25, 0.3) is 0 Å². The van der Waals surface area contributed by atoms with Gasteiger partial charge in [-0.1, -0.05) is 50.6 Å². The Hall–Kier alpha value is -0.810. The summed E-state index contributed by atoms with van der Waals surface area (Å²) in [6.45, 7) is 10.5. The quantitative estimate of drug-likeness (QED) is 0.772. The fourth-order valence-corrected chi connectivity index (χ4v) is 2.86. The average Bonchev–Trinajstić information content (AvgIpc) is 2.70. The number of anilines is 1. The number of carbonyl (C=O) groups is 1. The van der Waals surface area contributed by atoms with E-state index in [2.05, 4.69) is 37.6 Å². The van der Waals surface area contributed by atoms with Gasteiger partial charge in [0.05, 0.1) is 0 Å². The minimum atomic E-state index is -1.01. The number of halogens is 1. The lowest BCUT2D eigenvalue weighted by atomic mass is 10.1. The molecule has 1 aromatic rings. The van der Waals surface area contributed by atoms with Crippen molar-refractivity contribution in [2.24, 2.45) is 11.8 Å². The van der Waals surface area contributed by atoms with Gasteiger partial charge < -0.3 is 10.0 Å². The normalized spacial score (nSPS) is 11.3. The minimum Gasteiger partial charge on any atom is -0.477 e. The molecule has 1 heterocycles. The highest BCUT2D eigenvalue weighted by atomic mass is 35.5. The van der Waals surface area contributed by atoms with Crippen LogP contribution in [-0.4, -0.2) is 29.1 Å². The number of aromatic nitrogens is 1. The predicted molar refractivity (Wildman–Crippen MR) is 85.2 cm³/mol. The molecule has 1 aromatic heterocycles. The molecule has 0 unspecified atom stereocenters. The van der Waals surface area contributed by atoms with Crippen LogP contribution in [0, 0.1) is 11.8 Å². The Kier molecular flexibility index (Phi) is 6.76. The van der Waals surface area contributed by atoms with E-state index in [0.29, 0.717) is 17.0 Å². The topological polar surface area (TPSA) is 53.4 Å². The fraction of sp³-hybridized carbons (Fsp3) is 0.714. The average molecular weight is 319 g/mol. The van der Waals surface area contributed by atoms with Crippen molar-refractivity contribution in [1.29, 1.82) is 0 Å². The summed E-state index contributed by atoms with van der Waals surface area (Å²) in [6.07, 6.45) is 2.11. The monoisotopic (exact) mass is 318 g/mol. The molecule has 4 nitrogen and oxygen atoms in total. The van der Waals surface area contributed by atoms with Crippen molar-refractivity contribution >= 4 is 34.0 Å². The van der Waals surface area contributed by atoms with Gasteiger partial charge in [0.15, 0.2) is 15.2 Å². The second kappa shape index (κ2) is 7.84. The van der Waals surface area contributed by atoms with Gasteiger partial charge in [0.2, 0.25) is 0 Å². The number of carboxylic acid groups (broad SMARTS) is 1. The summed E-state index contributed by atoms with van der Waals surface area (Å²) >= 11 is 7.06. The van der Waals surface area contributed by atoms with Gasteiger partial charge in [0.25, 0.3) is 0 Å². The van der Waals surface area contributed by atoms with Crippen LogP contribution < -0.4 is 4.90 Å². The Morgan fingerprint density at radius 2 is 1.75 bits per heavy atom. The first kappa shape index (κ1) is 17.2. The van der Waals surface area contributed by atoms with Crippen LogP contribution in [0.5, 0.6) is 0 Å². The molecule has 0 saturated carbocycles. The van der Waals surface area contributed by atoms with Gasteiger partial charge in [-0.2, -0.15) is 0 Å². The number of nitrogens with zero attached hydrogens (tertiary/aromatic N) is 2. The van der Waals surface area contributed by atoms with Crippen LogP contribution in [-0.2, 0) is 0 Å². The van der Waals surface area contributed by atoms with Crippen LogP contribution in [0.1, 0.15) is 50.2 Å². The van der Waals surface area contributed by atoms with Crippen LogP contribution in [0.15, 0.2) is 0 Å². The molecule has 0 atom stereocenters. The minimum absolute atomic E-state index is 0.0941. The SMILES string of the molecule is CC(C)CCN(CCC(C)C)c1nc(Cl)c(C(=O)O)s1. The van der Waals surface area contributed by atoms with Gasteiger partial charge in [-0.05, 0) is 24.7 Å². The molecule has 0 aliphatic rings. The number of carboxylic acids is 1. The van der Waals surface area contributed by atoms with Gasteiger partial charge in [-0.25, -0.2) is 9.78 Å². The van der Waals surface area contributed by atoms with Crippen molar-refractivity contribution in [3.8, 4) is 0 Å². The zero-order valence-electron chi connectivity index (χ0n) is 12.5. The fourth-order valence-electron chi connectivity index (χ4n) is 1.69. The van der Waals surface area contributed by atoms with Crippen molar-refractivity contribution < 1.29 is 9.90 Å². The number of hydrogen-bond acceptors (Lipinski definition) is 4. The standard InChI is InChI=1S/C14H23ClN2O2S/c1-9(2)5-7-17(8-6-10(3)4)14-16-12(15)11(20-14)13(18)19/h9-10H,5-8H2,1-4H3,(H,18,19). The second-order valence-corrected chi connectivity index (χ2v) is 7.11. The van der Waals surface area contributed by atoms with Crippen molar-refractivity contribution in [3.63, 3.8) is 0 Å². The molecule has 0 saturated heterocycles. The highest BCUT2D eigenvalue weighted by Gasteiger charge is 2.19. The van der Waals surface area contributed by atoms with Crippen LogP contribution in [0.3, 0.4) is 0 Å². The highest BCUT2D eigenvalue weighted by Crippen LogP contribution is 2.30. The summed E-state index contributed by atoms with van der Waals surface area (Å²) < 4.78 is 0. The summed E-state index contributed by atoms with van der Waals surface area (Å²) in [5.74, 6) is 0.197. The maximum Gasteiger partial charge on any atom is 0.349 e. The highest BCUT2D eigenvalue weighted by molar-refractivity contribution is 7.18. The van der Waals surface area contributed by atoms with E-state index >= 15 is 0 Å². The van der Waals surface area contributed by atoms with E-state index in [-0.39, 0.29) is 10.0 Å².